The fourth-order valence-corrected chi connectivity index (χ4v) is 4.12. The molecular formula is C21H24N4S. The van der Waals surface area contributed by atoms with Crippen molar-refractivity contribution in [2.75, 3.05) is 45.5 Å². The highest BCUT2D eigenvalue weighted by Gasteiger charge is 2.14. The number of thioether (sulfide) groups is 1. The lowest BCUT2D eigenvalue weighted by Crippen LogP contribution is -2.45. The first kappa shape index (κ1) is 17.5. The number of likely N-dealkylation sites (N-methyl/N-ethyl adjacent to an activating group) is 1. The summed E-state index contributed by atoms with van der Waals surface area (Å²) in [5.41, 5.74) is 3.19. The summed E-state index contributed by atoms with van der Waals surface area (Å²) < 4.78 is 0. The normalized spacial score (nSPS) is 16.2. The van der Waals surface area contributed by atoms with E-state index in [4.69, 9.17) is 9.97 Å². The van der Waals surface area contributed by atoms with Crippen LogP contribution in [0.25, 0.3) is 22.2 Å². The van der Waals surface area contributed by atoms with Crippen molar-refractivity contribution in [2.45, 2.75) is 5.16 Å². The summed E-state index contributed by atoms with van der Waals surface area (Å²) in [6, 6.07) is 18.7. The van der Waals surface area contributed by atoms with Crippen molar-refractivity contribution >= 4 is 22.7 Å². The summed E-state index contributed by atoms with van der Waals surface area (Å²) in [6.07, 6.45) is 0. The maximum atomic E-state index is 4.89. The van der Waals surface area contributed by atoms with Crippen LogP contribution < -0.4 is 0 Å². The van der Waals surface area contributed by atoms with Crippen LogP contribution in [0.3, 0.4) is 0 Å². The largest absolute Gasteiger partial charge is 0.304 e. The first-order chi connectivity index (χ1) is 12.8. The molecule has 0 N–H and O–H groups in total. The van der Waals surface area contributed by atoms with Crippen LogP contribution in [0.5, 0.6) is 0 Å². The summed E-state index contributed by atoms with van der Waals surface area (Å²) >= 11 is 1.76. The Morgan fingerprint density at radius 2 is 1.62 bits per heavy atom. The molecule has 0 atom stereocenters. The van der Waals surface area contributed by atoms with E-state index in [2.05, 4.69) is 59.3 Å². The van der Waals surface area contributed by atoms with Crippen LogP contribution in [-0.2, 0) is 0 Å². The Labute approximate surface area is 159 Å². The van der Waals surface area contributed by atoms with E-state index < -0.39 is 0 Å². The topological polar surface area (TPSA) is 32.3 Å². The Morgan fingerprint density at radius 3 is 2.42 bits per heavy atom. The number of hydrogen-bond acceptors (Lipinski definition) is 5. The second-order valence-electron chi connectivity index (χ2n) is 6.73. The number of nitrogens with zero attached hydrogens (tertiary/aromatic N) is 4. The predicted molar refractivity (Wildman–Crippen MR) is 110 cm³/mol. The molecule has 0 saturated carbocycles. The third-order valence-electron chi connectivity index (χ3n) is 4.86. The van der Waals surface area contributed by atoms with E-state index in [1.54, 1.807) is 11.8 Å². The zero-order valence-electron chi connectivity index (χ0n) is 15.1. The Bertz CT molecular complexity index is 860. The van der Waals surface area contributed by atoms with Crippen LogP contribution in [0, 0.1) is 0 Å². The molecule has 0 spiro atoms. The van der Waals surface area contributed by atoms with Gasteiger partial charge in [-0.2, -0.15) is 0 Å². The summed E-state index contributed by atoms with van der Waals surface area (Å²) in [5, 5.41) is 1.98. The first-order valence-electron chi connectivity index (χ1n) is 9.15. The van der Waals surface area contributed by atoms with Crippen molar-refractivity contribution in [3.63, 3.8) is 0 Å². The van der Waals surface area contributed by atoms with Crippen molar-refractivity contribution < 1.29 is 0 Å². The standard InChI is InChI=1S/C21H24N4S/c1-24-11-13-25(14-12-24)15-16-26-21-22-19-10-6-5-9-18(19)20(23-21)17-7-3-2-4-8-17/h2-10H,11-16H2,1H3. The molecule has 0 aliphatic carbocycles. The smallest absolute Gasteiger partial charge is 0.188 e. The van der Waals surface area contributed by atoms with E-state index in [1.165, 1.54) is 0 Å². The van der Waals surface area contributed by atoms with Gasteiger partial charge in [0.1, 0.15) is 0 Å². The molecule has 1 fully saturated rings. The fourth-order valence-electron chi connectivity index (χ4n) is 3.27. The number of rotatable bonds is 5. The minimum Gasteiger partial charge on any atom is -0.304 e. The van der Waals surface area contributed by atoms with Gasteiger partial charge >= 0.3 is 0 Å². The zero-order valence-corrected chi connectivity index (χ0v) is 16.0. The third kappa shape index (κ3) is 4.06. The number of para-hydroxylation sites is 1. The fraction of sp³-hybridized carbons (Fsp3) is 0.333. The molecule has 2 aromatic carbocycles. The molecule has 0 radical (unpaired) electrons. The Kier molecular flexibility index (Phi) is 5.48. The van der Waals surface area contributed by atoms with Gasteiger partial charge in [-0.25, -0.2) is 9.97 Å². The van der Waals surface area contributed by atoms with Gasteiger partial charge in [-0.3, -0.25) is 4.90 Å². The molecule has 1 aromatic heterocycles. The van der Waals surface area contributed by atoms with Gasteiger partial charge in [0.15, 0.2) is 5.16 Å². The molecule has 134 valence electrons. The monoisotopic (exact) mass is 364 g/mol. The summed E-state index contributed by atoms with van der Waals surface area (Å²) in [5.74, 6) is 1.02. The molecular weight excluding hydrogens is 340 g/mol. The lowest BCUT2D eigenvalue weighted by Gasteiger charge is -2.32. The second kappa shape index (κ2) is 8.16. The highest BCUT2D eigenvalue weighted by Crippen LogP contribution is 2.28. The molecule has 1 aliphatic rings. The maximum absolute atomic E-state index is 4.89. The second-order valence-corrected chi connectivity index (χ2v) is 7.79. The van der Waals surface area contributed by atoms with E-state index in [0.29, 0.717) is 0 Å². The quantitative estimate of drug-likeness (QED) is 0.510. The van der Waals surface area contributed by atoms with Crippen molar-refractivity contribution in [1.29, 1.82) is 0 Å². The van der Waals surface area contributed by atoms with Gasteiger partial charge in [0.05, 0.1) is 11.2 Å². The Balaban J connectivity index is 1.52. The maximum Gasteiger partial charge on any atom is 0.188 e. The van der Waals surface area contributed by atoms with Crippen LogP contribution in [0.15, 0.2) is 59.8 Å². The highest BCUT2D eigenvalue weighted by atomic mass is 32.2. The van der Waals surface area contributed by atoms with Crippen LogP contribution in [0.1, 0.15) is 0 Å². The lowest BCUT2D eigenvalue weighted by atomic mass is 10.1. The molecule has 1 aliphatic heterocycles. The van der Waals surface area contributed by atoms with Gasteiger partial charge in [0.2, 0.25) is 0 Å². The summed E-state index contributed by atoms with van der Waals surface area (Å²) in [4.78, 5) is 14.6. The van der Waals surface area contributed by atoms with Crippen molar-refractivity contribution in [2.24, 2.45) is 0 Å². The number of hydrogen-bond donors (Lipinski definition) is 0. The van der Waals surface area contributed by atoms with Gasteiger partial charge in [0.25, 0.3) is 0 Å². The van der Waals surface area contributed by atoms with Gasteiger partial charge in [-0.05, 0) is 13.1 Å². The molecule has 5 heteroatoms. The predicted octanol–water partition coefficient (Wildman–Crippen LogP) is 3.64. The molecule has 26 heavy (non-hydrogen) atoms. The number of piperazine rings is 1. The minimum atomic E-state index is 0.872. The van der Waals surface area contributed by atoms with Crippen molar-refractivity contribution in [1.82, 2.24) is 19.8 Å². The number of fused-ring (bicyclic) bond motifs is 1. The zero-order chi connectivity index (χ0) is 17.8. The van der Waals surface area contributed by atoms with Crippen LogP contribution in [-0.4, -0.2) is 65.3 Å². The molecule has 4 nitrogen and oxygen atoms in total. The number of benzene rings is 2. The van der Waals surface area contributed by atoms with Crippen molar-refractivity contribution in [3.05, 3.63) is 54.6 Å². The molecule has 0 amide bonds. The van der Waals surface area contributed by atoms with Gasteiger partial charge < -0.3 is 4.90 Å². The molecule has 0 unspecified atom stereocenters. The molecule has 2 heterocycles. The van der Waals surface area contributed by atoms with Crippen LogP contribution >= 0.6 is 11.8 Å². The Hall–Kier alpha value is -1.95. The van der Waals surface area contributed by atoms with Crippen LogP contribution in [0.4, 0.5) is 0 Å². The molecule has 0 bridgehead atoms. The number of aromatic nitrogens is 2. The van der Waals surface area contributed by atoms with E-state index in [0.717, 1.165) is 65.8 Å². The average Bonchev–Trinajstić information content (AvgIpc) is 2.69. The van der Waals surface area contributed by atoms with Gasteiger partial charge in [-0.1, -0.05) is 60.3 Å². The third-order valence-corrected chi connectivity index (χ3v) is 5.69. The van der Waals surface area contributed by atoms with Crippen molar-refractivity contribution in [3.8, 4) is 11.3 Å². The lowest BCUT2D eigenvalue weighted by molar-refractivity contribution is 0.161. The first-order valence-corrected chi connectivity index (χ1v) is 10.1. The molecule has 4 rings (SSSR count). The Morgan fingerprint density at radius 1 is 0.885 bits per heavy atom. The highest BCUT2D eigenvalue weighted by molar-refractivity contribution is 7.99. The minimum absolute atomic E-state index is 0.872. The molecule has 3 aromatic rings. The van der Waals surface area contributed by atoms with Crippen LogP contribution in [0.2, 0.25) is 0 Å². The summed E-state index contributed by atoms with van der Waals surface area (Å²) in [6.45, 7) is 5.73. The SMILES string of the molecule is CN1CCN(CCSc2nc(-c3ccccc3)c3ccccc3n2)CC1. The average molecular weight is 365 g/mol. The van der Waals surface area contributed by atoms with E-state index in [-0.39, 0.29) is 0 Å². The van der Waals surface area contributed by atoms with E-state index >= 15 is 0 Å². The van der Waals surface area contributed by atoms with E-state index in [9.17, 15) is 0 Å². The van der Waals surface area contributed by atoms with E-state index in [1.807, 2.05) is 12.1 Å². The summed E-state index contributed by atoms with van der Waals surface area (Å²) in [7, 11) is 2.19. The molecule has 1 saturated heterocycles. The van der Waals surface area contributed by atoms with Gasteiger partial charge in [0, 0.05) is 49.4 Å². The van der Waals surface area contributed by atoms with Gasteiger partial charge in [-0.15, -0.1) is 0 Å².